The van der Waals surface area contributed by atoms with Gasteiger partial charge in [0.15, 0.2) is 0 Å². The van der Waals surface area contributed by atoms with Crippen LogP contribution in [0.1, 0.15) is 32.3 Å². The molecule has 2 N–H and O–H groups in total. The summed E-state index contributed by atoms with van der Waals surface area (Å²) in [6.45, 7) is 6.80. The Bertz CT molecular complexity index is 315. The quantitative estimate of drug-likeness (QED) is 0.722. The Balaban J connectivity index is 2.29. The first-order chi connectivity index (χ1) is 6.55. The second kappa shape index (κ2) is 3.09. The highest BCUT2D eigenvalue weighted by Gasteiger charge is 2.52. The molecular formula is C13H19N. The molecule has 0 amide bonds. The second-order valence-corrected chi connectivity index (χ2v) is 5.09. The van der Waals surface area contributed by atoms with Gasteiger partial charge in [-0.25, -0.2) is 0 Å². The van der Waals surface area contributed by atoms with Crippen molar-refractivity contribution in [2.75, 3.05) is 0 Å². The Kier molecular flexibility index (Phi) is 2.15. The third-order valence-corrected chi connectivity index (χ3v) is 3.91. The summed E-state index contributed by atoms with van der Waals surface area (Å²) in [6, 6.07) is 11.1. The molecule has 1 aliphatic carbocycles. The number of hydrogen-bond donors (Lipinski definition) is 1. The van der Waals surface area contributed by atoms with Gasteiger partial charge in [0.1, 0.15) is 0 Å². The number of nitrogens with two attached hydrogens (primary N) is 1. The summed E-state index contributed by atoms with van der Waals surface area (Å²) in [6.07, 6.45) is 0. The molecule has 14 heavy (non-hydrogen) atoms. The zero-order chi connectivity index (χ0) is 10.3. The van der Waals surface area contributed by atoms with Gasteiger partial charge in [-0.05, 0) is 22.8 Å². The van der Waals surface area contributed by atoms with Crippen molar-refractivity contribution in [3.8, 4) is 0 Å². The summed E-state index contributed by atoms with van der Waals surface area (Å²) in [5.74, 6) is 1.23. The van der Waals surface area contributed by atoms with Gasteiger partial charge >= 0.3 is 0 Å². The van der Waals surface area contributed by atoms with Crippen LogP contribution in [0.4, 0.5) is 0 Å². The molecule has 3 atom stereocenters. The van der Waals surface area contributed by atoms with E-state index in [2.05, 4.69) is 51.1 Å². The van der Waals surface area contributed by atoms with Gasteiger partial charge in [-0.2, -0.15) is 0 Å². The molecule has 1 nitrogen and oxygen atoms in total. The average molecular weight is 189 g/mol. The third kappa shape index (κ3) is 1.19. The van der Waals surface area contributed by atoms with E-state index >= 15 is 0 Å². The zero-order valence-electron chi connectivity index (χ0n) is 9.20. The fourth-order valence-corrected chi connectivity index (χ4v) is 3.04. The van der Waals surface area contributed by atoms with Gasteiger partial charge in [0.05, 0.1) is 0 Å². The first kappa shape index (κ1) is 9.72. The lowest BCUT2D eigenvalue weighted by atomic mass is 9.51. The minimum absolute atomic E-state index is 0.251. The smallest absolute Gasteiger partial charge is 0.0128 e. The van der Waals surface area contributed by atoms with E-state index in [-0.39, 0.29) is 5.41 Å². The Labute approximate surface area is 86.3 Å². The lowest BCUT2D eigenvalue weighted by Gasteiger charge is -2.56. The van der Waals surface area contributed by atoms with E-state index < -0.39 is 0 Å². The highest BCUT2D eigenvalue weighted by atomic mass is 14.8. The van der Waals surface area contributed by atoms with Crippen molar-refractivity contribution < 1.29 is 0 Å². The first-order valence-electron chi connectivity index (χ1n) is 5.35. The van der Waals surface area contributed by atoms with Crippen molar-refractivity contribution >= 4 is 0 Å². The van der Waals surface area contributed by atoms with Crippen molar-refractivity contribution in [2.45, 2.75) is 32.7 Å². The van der Waals surface area contributed by atoms with Gasteiger partial charge in [0.2, 0.25) is 0 Å². The van der Waals surface area contributed by atoms with Crippen molar-refractivity contribution in [1.82, 2.24) is 0 Å². The number of rotatable bonds is 1. The van der Waals surface area contributed by atoms with Crippen LogP contribution >= 0.6 is 0 Å². The molecule has 1 fully saturated rings. The molecule has 1 saturated carbocycles. The van der Waals surface area contributed by atoms with E-state index in [9.17, 15) is 0 Å². The third-order valence-electron chi connectivity index (χ3n) is 3.91. The van der Waals surface area contributed by atoms with Crippen LogP contribution < -0.4 is 5.73 Å². The van der Waals surface area contributed by atoms with Crippen molar-refractivity contribution in [3.63, 3.8) is 0 Å². The van der Waals surface area contributed by atoms with Gasteiger partial charge in [-0.3, -0.25) is 0 Å². The van der Waals surface area contributed by atoms with Crippen LogP contribution in [0.15, 0.2) is 30.3 Å². The molecule has 1 aromatic carbocycles. The second-order valence-electron chi connectivity index (χ2n) is 5.09. The van der Waals surface area contributed by atoms with Crippen molar-refractivity contribution in [2.24, 2.45) is 17.1 Å². The maximum atomic E-state index is 6.13. The predicted octanol–water partition coefficient (Wildman–Crippen LogP) is 2.77. The fraction of sp³-hybridized carbons (Fsp3) is 0.538. The maximum absolute atomic E-state index is 6.13. The molecule has 0 aliphatic heterocycles. The zero-order valence-corrected chi connectivity index (χ0v) is 9.20. The summed E-state index contributed by atoms with van der Waals surface area (Å²) in [5, 5.41) is 0. The van der Waals surface area contributed by atoms with Gasteiger partial charge in [-0.15, -0.1) is 0 Å². The summed E-state index contributed by atoms with van der Waals surface area (Å²) < 4.78 is 0. The topological polar surface area (TPSA) is 26.0 Å². The molecule has 0 spiro atoms. The Hall–Kier alpha value is -0.820. The van der Waals surface area contributed by atoms with Crippen LogP contribution in [0.5, 0.6) is 0 Å². The average Bonchev–Trinajstić information content (AvgIpc) is 2.18. The van der Waals surface area contributed by atoms with Crippen LogP contribution in [0.2, 0.25) is 0 Å². The molecule has 1 aliphatic rings. The van der Waals surface area contributed by atoms with E-state index in [1.54, 1.807) is 0 Å². The van der Waals surface area contributed by atoms with Gasteiger partial charge in [0, 0.05) is 6.04 Å². The van der Waals surface area contributed by atoms with E-state index in [0.717, 1.165) is 0 Å². The Morgan fingerprint density at radius 3 is 2.21 bits per heavy atom. The fourth-order valence-electron chi connectivity index (χ4n) is 3.04. The van der Waals surface area contributed by atoms with Crippen LogP contribution in [-0.4, -0.2) is 6.04 Å². The van der Waals surface area contributed by atoms with Crippen LogP contribution in [0.3, 0.4) is 0 Å². The lowest BCUT2D eigenvalue weighted by molar-refractivity contribution is 0.0255. The standard InChI is InChI=1S/C13H19N/c1-9-11(13(2,3)12(9)14)10-7-5-4-6-8-10/h4-9,11-12H,14H2,1-3H3. The monoisotopic (exact) mass is 189 g/mol. The highest BCUT2D eigenvalue weighted by Crippen LogP contribution is 2.55. The van der Waals surface area contributed by atoms with Gasteiger partial charge < -0.3 is 5.73 Å². The van der Waals surface area contributed by atoms with E-state index in [4.69, 9.17) is 5.73 Å². The molecule has 0 saturated heterocycles. The lowest BCUT2D eigenvalue weighted by Crippen LogP contribution is -2.59. The number of hydrogen-bond acceptors (Lipinski definition) is 1. The molecule has 0 aromatic heterocycles. The molecule has 1 heteroatoms. The molecule has 0 bridgehead atoms. The molecule has 1 aromatic rings. The summed E-state index contributed by atoms with van der Waals surface area (Å²) in [4.78, 5) is 0. The Morgan fingerprint density at radius 2 is 1.71 bits per heavy atom. The van der Waals surface area contributed by atoms with Crippen molar-refractivity contribution in [3.05, 3.63) is 35.9 Å². The number of benzene rings is 1. The first-order valence-corrected chi connectivity index (χ1v) is 5.35. The maximum Gasteiger partial charge on any atom is 0.0128 e. The van der Waals surface area contributed by atoms with Crippen LogP contribution in [0, 0.1) is 11.3 Å². The van der Waals surface area contributed by atoms with E-state index in [0.29, 0.717) is 17.9 Å². The highest BCUT2D eigenvalue weighted by molar-refractivity contribution is 5.28. The predicted molar refractivity (Wildman–Crippen MR) is 60.1 cm³/mol. The molecule has 3 unspecified atom stereocenters. The molecule has 0 heterocycles. The largest absolute Gasteiger partial charge is 0.327 e. The molecule has 76 valence electrons. The van der Waals surface area contributed by atoms with Crippen LogP contribution in [0.25, 0.3) is 0 Å². The minimum atomic E-state index is 0.251. The molecule has 2 rings (SSSR count). The Morgan fingerprint density at radius 1 is 1.14 bits per heavy atom. The van der Waals surface area contributed by atoms with E-state index in [1.165, 1.54) is 5.56 Å². The molecular weight excluding hydrogens is 170 g/mol. The summed E-state index contributed by atoms with van der Waals surface area (Å²) in [5.41, 5.74) is 7.82. The summed E-state index contributed by atoms with van der Waals surface area (Å²) in [7, 11) is 0. The molecule has 0 radical (unpaired) electrons. The normalized spacial score (nSPS) is 35.0. The van der Waals surface area contributed by atoms with E-state index in [1.807, 2.05) is 0 Å². The van der Waals surface area contributed by atoms with Crippen LogP contribution in [-0.2, 0) is 0 Å². The minimum Gasteiger partial charge on any atom is -0.327 e. The van der Waals surface area contributed by atoms with Crippen molar-refractivity contribution in [1.29, 1.82) is 0 Å². The SMILES string of the molecule is CC1C(N)C(C)(C)C1c1ccccc1. The summed E-state index contributed by atoms with van der Waals surface area (Å²) >= 11 is 0. The van der Waals surface area contributed by atoms with Gasteiger partial charge in [-0.1, -0.05) is 51.1 Å². The van der Waals surface area contributed by atoms with Gasteiger partial charge in [0.25, 0.3) is 0 Å².